The number of aromatic nitrogens is 2. The quantitative estimate of drug-likeness (QED) is 0.168. The Morgan fingerprint density at radius 3 is 2.38 bits per heavy atom. The van der Waals surface area contributed by atoms with Crippen LogP contribution in [-0.4, -0.2) is 36.2 Å². The van der Waals surface area contributed by atoms with Gasteiger partial charge in [-0.3, -0.25) is 4.79 Å². The average molecular weight is 671 g/mol. The van der Waals surface area contributed by atoms with E-state index in [4.69, 9.17) is 19.2 Å². The molecule has 0 aliphatic heterocycles. The van der Waals surface area contributed by atoms with Crippen molar-refractivity contribution in [1.29, 1.82) is 0 Å². The first-order valence-corrected chi connectivity index (χ1v) is 14.7. The molecule has 0 radical (unpaired) electrons. The summed E-state index contributed by atoms with van der Waals surface area (Å²) in [4.78, 5) is 18.7. The molecule has 0 spiro atoms. The van der Waals surface area contributed by atoms with E-state index < -0.39 is 0 Å². The van der Waals surface area contributed by atoms with Gasteiger partial charge in [0.2, 0.25) is 0 Å². The Kier molecular flexibility index (Phi) is 9.36. The van der Waals surface area contributed by atoms with Crippen LogP contribution in [0.2, 0.25) is 0 Å². The van der Waals surface area contributed by atoms with Crippen molar-refractivity contribution in [3.05, 3.63) is 78.5 Å². The van der Waals surface area contributed by atoms with Crippen LogP contribution in [0.1, 0.15) is 56.7 Å². The van der Waals surface area contributed by atoms with Gasteiger partial charge in [-0.2, -0.15) is 9.78 Å². The molecule has 3 aromatic carbocycles. The molecular formula is C31H33Br2N3O4. The molecule has 0 bridgehead atoms. The summed E-state index contributed by atoms with van der Waals surface area (Å²) in [7, 11) is 3.26. The van der Waals surface area contributed by atoms with E-state index in [1.807, 2.05) is 50.2 Å². The third-order valence-electron chi connectivity index (χ3n) is 6.78. The molecule has 1 atom stereocenters. The van der Waals surface area contributed by atoms with E-state index in [1.54, 1.807) is 26.5 Å². The fourth-order valence-corrected chi connectivity index (χ4v) is 5.25. The largest absolute Gasteiger partial charge is 0.496 e. The first kappa shape index (κ1) is 29.8. The smallest absolute Gasteiger partial charge is 0.282 e. The fraction of sp³-hybridized carbons (Fsp3) is 0.323. The van der Waals surface area contributed by atoms with E-state index >= 15 is 0 Å². The van der Waals surface area contributed by atoms with E-state index in [-0.39, 0.29) is 17.6 Å². The van der Waals surface area contributed by atoms with Gasteiger partial charge in [-0.15, -0.1) is 0 Å². The summed E-state index contributed by atoms with van der Waals surface area (Å²) in [5.41, 5.74) is 3.78. The molecule has 0 saturated carbocycles. The molecule has 0 unspecified atom stereocenters. The Balaban J connectivity index is 1.95. The molecule has 0 saturated heterocycles. The van der Waals surface area contributed by atoms with Crippen LogP contribution in [0, 0.1) is 6.92 Å². The van der Waals surface area contributed by atoms with Crippen molar-refractivity contribution in [3.8, 4) is 28.6 Å². The van der Waals surface area contributed by atoms with Crippen molar-refractivity contribution in [2.24, 2.45) is 5.10 Å². The maximum atomic E-state index is 13.8. The third-order valence-corrected chi connectivity index (χ3v) is 8.92. The van der Waals surface area contributed by atoms with Crippen LogP contribution in [0.25, 0.3) is 22.3 Å². The number of methoxy groups -OCH3 is 2. The molecule has 0 amide bonds. The van der Waals surface area contributed by atoms with Crippen LogP contribution in [0.4, 0.5) is 0 Å². The summed E-state index contributed by atoms with van der Waals surface area (Å²) in [5.74, 6) is 2.60. The first-order chi connectivity index (χ1) is 19.1. The maximum absolute atomic E-state index is 13.8. The van der Waals surface area contributed by atoms with Gasteiger partial charge in [0.25, 0.3) is 5.56 Å². The van der Waals surface area contributed by atoms with Crippen molar-refractivity contribution < 1.29 is 14.2 Å². The summed E-state index contributed by atoms with van der Waals surface area (Å²) in [6.45, 7) is 10.2. The summed E-state index contributed by atoms with van der Waals surface area (Å²) in [6, 6.07) is 13.1. The number of hydrogen-bond donors (Lipinski definition) is 0. The molecule has 1 heterocycles. The van der Waals surface area contributed by atoms with Crippen LogP contribution >= 0.6 is 31.9 Å². The minimum absolute atomic E-state index is 0.00453. The van der Waals surface area contributed by atoms with Gasteiger partial charge < -0.3 is 14.2 Å². The molecule has 9 heteroatoms. The van der Waals surface area contributed by atoms with Crippen molar-refractivity contribution in [1.82, 2.24) is 9.66 Å². The second kappa shape index (κ2) is 12.6. The molecule has 0 fully saturated rings. The predicted octanol–water partition coefficient (Wildman–Crippen LogP) is 8.10. The number of nitrogens with zero attached hydrogens (tertiary/aromatic N) is 3. The number of halogens is 2. The lowest BCUT2D eigenvalue weighted by atomic mass is 9.96. The minimum atomic E-state index is -0.267. The molecule has 7 nitrogen and oxygen atoms in total. The Labute approximate surface area is 251 Å². The summed E-state index contributed by atoms with van der Waals surface area (Å²) in [5, 5.41) is 5.16. The van der Waals surface area contributed by atoms with E-state index in [1.165, 1.54) is 4.68 Å². The Morgan fingerprint density at radius 1 is 1.02 bits per heavy atom. The molecule has 4 aromatic rings. The lowest BCUT2D eigenvalue weighted by Gasteiger charge is -2.19. The van der Waals surface area contributed by atoms with Crippen LogP contribution in [0.15, 0.2) is 61.3 Å². The second-order valence-corrected chi connectivity index (χ2v) is 11.4. The zero-order valence-corrected chi connectivity index (χ0v) is 26.9. The summed E-state index contributed by atoms with van der Waals surface area (Å²) >= 11 is 7.31. The van der Waals surface area contributed by atoms with E-state index in [2.05, 4.69) is 57.7 Å². The number of aryl methyl sites for hydroxylation is 1. The molecule has 1 aromatic heterocycles. The molecule has 0 aliphatic carbocycles. The molecule has 210 valence electrons. The Hall–Kier alpha value is -3.17. The number of hydrogen-bond acceptors (Lipinski definition) is 6. The van der Waals surface area contributed by atoms with Crippen LogP contribution in [-0.2, 0) is 0 Å². The van der Waals surface area contributed by atoms with Gasteiger partial charge in [-0.05, 0) is 99.5 Å². The lowest BCUT2D eigenvalue weighted by molar-refractivity contribution is 0.206. The molecule has 0 N–H and O–H groups in total. The zero-order valence-electron chi connectivity index (χ0n) is 23.7. The van der Waals surface area contributed by atoms with Crippen molar-refractivity contribution in [2.75, 3.05) is 14.2 Å². The molecule has 40 heavy (non-hydrogen) atoms. The predicted molar refractivity (Wildman–Crippen MR) is 169 cm³/mol. The van der Waals surface area contributed by atoms with Gasteiger partial charge in [0.15, 0.2) is 17.3 Å². The highest BCUT2D eigenvalue weighted by atomic mass is 79.9. The zero-order chi connectivity index (χ0) is 29.1. The Bertz CT molecular complexity index is 1650. The normalized spacial score (nSPS) is 12.3. The Morgan fingerprint density at radius 2 is 1.73 bits per heavy atom. The van der Waals surface area contributed by atoms with Crippen LogP contribution < -0.4 is 19.8 Å². The van der Waals surface area contributed by atoms with Gasteiger partial charge >= 0.3 is 0 Å². The maximum Gasteiger partial charge on any atom is 0.282 e. The highest BCUT2D eigenvalue weighted by Crippen LogP contribution is 2.43. The van der Waals surface area contributed by atoms with Gasteiger partial charge in [-0.25, -0.2) is 4.98 Å². The van der Waals surface area contributed by atoms with Gasteiger partial charge in [-0.1, -0.05) is 32.9 Å². The topological polar surface area (TPSA) is 74.9 Å². The van der Waals surface area contributed by atoms with E-state index in [9.17, 15) is 4.79 Å². The number of rotatable bonds is 9. The number of benzene rings is 3. The highest BCUT2D eigenvalue weighted by molar-refractivity contribution is 9.13. The van der Waals surface area contributed by atoms with Crippen LogP contribution in [0.3, 0.4) is 0 Å². The third kappa shape index (κ3) is 5.81. The van der Waals surface area contributed by atoms with E-state index in [0.717, 1.165) is 33.3 Å². The van der Waals surface area contributed by atoms with Gasteiger partial charge in [0.05, 0.1) is 41.9 Å². The molecule has 0 aliphatic rings. The average Bonchev–Trinajstić information content (AvgIpc) is 2.95. The minimum Gasteiger partial charge on any atom is -0.496 e. The van der Waals surface area contributed by atoms with Crippen LogP contribution in [0.5, 0.6) is 17.2 Å². The molecular weight excluding hydrogens is 638 g/mol. The second-order valence-electron chi connectivity index (χ2n) is 9.84. The number of fused-ring (bicyclic) bond motifs is 1. The van der Waals surface area contributed by atoms with Gasteiger partial charge in [0, 0.05) is 15.6 Å². The van der Waals surface area contributed by atoms with Gasteiger partial charge in [0.1, 0.15) is 5.75 Å². The first-order valence-electron chi connectivity index (χ1n) is 13.1. The van der Waals surface area contributed by atoms with Crippen molar-refractivity contribution in [3.63, 3.8) is 0 Å². The number of ether oxygens (including phenoxy) is 3. The SMILES string of the molecule is CC[C@@H](C)Oc1c(OC)cc(C=Nn2c(-c3cc(C(C)C)c(OC)cc3C)nc3ccccc3c2=O)c(Br)c1Br. The van der Waals surface area contributed by atoms with Crippen molar-refractivity contribution in [2.45, 2.75) is 53.1 Å². The summed E-state index contributed by atoms with van der Waals surface area (Å²) < 4.78 is 20.2. The fourth-order valence-electron chi connectivity index (χ4n) is 4.34. The van der Waals surface area contributed by atoms with Crippen molar-refractivity contribution >= 4 is 49.0 Å². The standard InChI is InChI=1S/C31H33Br2N3O4/c1-8-19(5)40-29-26(39-7)14-20(27(32)28(29)33)16-34-36-30(35-24-12-10-9-11-21(24)31(36)37)23-15-22(17(2)3)25(38-6)13-18(23)4/h9-17,19H,8H2,1-7H3/t19-/m1/s1. The monoisotopic (exact) mass is 669 g/mol. The molecule has 4 rings (SSSR count). The number of para-hydroxylation sites is 1. The van der Waals surface area contributed by atoms with E-state index in [0.29, 0.717) is 38.3 Å². The highest BCUT2D eigenvalue weighted by Gasteiger charge is 2.20. The lowest BCUT2D eigenvalue weighted by Crippen LogP contribution is -2.21. The summed E-state index contributed by atoms with van der Waals surface area (Å²) in [6.07, 6.45) is 2.47.